The van der Waals surface area contributed by atoms with Gasteiger partial charge in [0.05, 0.1) is 13.5 Å². The number of methoxy groups -OCH3 is 1. The predicted molar refractivity (Wildman–Crippen MR) is 61.1 cm³/mol. The van der Waals surface area contributed by atoms with Crippen LogP contribution >= 0.6 is 0 Å². The molecule has 82 valence electrons. The van der Waals surface area contributed by atoms with Gasteiger partial charge in [-0.2, -0.15) is 0 Å². The third-order valence-corrected chi connectivity index (χ3v) is 2.35. The summed E-state index contributed by atoms with van der Waals surface area (Å²) in [5.41, 5.74) is 2.35. The Labute approximate surface area is 90.7 Å². The van der Waals surface area contributed by atoms with Gasteiger partial charge in [0.25, 0.3) is 0 Å². The zero-order valence-electron chi connectivity index (χ0n) is 9.49. The van der Waals surface area contributed by atoms with E-state index in [2.05, 4.69) is 23.8 Å². The molecule has 0 fully saturated rings. The van der Waals surface area contributed by atoms with Crippen LogP contribution in [0.3, 0.4) is 0 Å². The van der Waals surface area contributed by atoms with Gasteiger partial charge < -0.3 is 9.64 Å². The molecule has 0 amide bonds. The van der Waals surface area contributed by atoms with Crippen LogP contribution in [0.25, 0.3) is 0 Å². The summed E-state index contributed by atoms with van der Waals surface area (Å²) in [5, 5.41) is 0. The zero-order chi connectivity index (χ0) is 11.3. The Balaban J connectivity index is 2.50. The Morgan fingerprint density at radius 2 is 1.93 bits per heavy atom. The van der Waals surface area contributed by atoms with Crippen LogP contribution < -0.4 is 4.90 Å². The lowest BCUT2D eigenvalue weighted by Gasteiger charge is -2.18. The van der Waals surface area contributed by atoms with Gasteiger partial charge in [-0.3, -0.25) is 4.79 Å². The summed E-state index contributed by atoms with van der Waals surface area (Å²) in [4.78, 5) is 13.0. The third-order valence-electron chi connectivity index (χ3n) is 2.35. The number of anilines is 1. The molecule has 1 rings (SSSR count). The number of carbonyl (C=O) groups is 1. The number of nitrogens with zero attached hydrogens (tertiary/aromatic N) is 1. The molecule has 0 heterocycles. The van der Waals surface area contributed by atoms with Crippen LogP contribution in [0.4, 0.5) is 5.69 Å². The molecule has 0 aromatic heterocycles. The van der Waals surface area contributed by atoms with Gasteiger partial charge in [-0.25, -0.2) is 0 Å². The first-order chi connectivity index (χ1) is 7.13. The van der Waals surface area contributed by atoms with Crippen LogP contribution in [-0.4, -0.2) is 26.7 Å². The number of hydrogen-bond donors (Lipinski definition) is 0. The number of ether oxygens (including phenoxy) is 1. The van der Waals surface area contributed by atoms with E-state index in [0.717, 1.165) is 5.69 Å². The number of benzene rings is 1. The highest BCUT2D eigenvalue weighted by atomic mass is 16.5. The Morgan fingerprint density at radius 1 is 1.33 bits per heavy atom. The topological polar surface area (TPSA) is 29.5 Å². The molecule has 1 aromatic carbocycles. The van der Waals surface area contributed by atoms with Crippen molar-refractivity contribution < 1.29 is 9.53 Å². The van der Waals surface area contributed by atoms with Crippen LogP contribution in [0.15, 0.2) is 24.3 Å². The van der Waals surface area contributed by atoms with Gasteiger partial charge in [-0.15, -0.1) is 0 Å². The maximum Gasteiger partial charge on any atom is 0.307 e. The Bertz CT molecular complexity index is 319. The smallest absolute Gasteiger partial charge is 0.307 e. The fourth-order valence-corrected chi connectivity index (χ4v) is 1.29. The quantitative estimate of drug-likeness (QED) is 0.707. The van der Waals surface area contributed by atoms with Crippen molar-refractivity contribution in [2.24, 2.45) is 0 Å². The third kappa shape index (κ3) is 3.62. The van der Waals surface area contributed by atoms with E-state index in [1.807, 2.05) is 24.1 Å². The van der Waals surface area contributed by atoms with Crippen molar-refractivity contribution in [3.05, 3.63) is 29.8 Å². The van der Waals surface area contributed by atoms with Crippen molar-refractivity contribution >= 4 is 11.7 Å². The SMILES string of the molecule is COC(=O)CCN(C)c1ccc(C)cc1. The predicted octanol–water partition coefficient (Wildman–Crippen LogP) is 1.99. The molecule has 0 saturated heterocycles. The van der Waals surface area contributed by atoms with E-state index in [-0.39, 0.29) is 5.97 Å². The largest absolute Gasteiger partial charge is 0.469 e. The molecular weight excluding hydrogens is 190 g/mol. The molecule has 0 atom stereocenters. The fourth-order valence-electron chi connectivity index (χ4n) is 1.29. The molecule has 0 saturated carbocycles. The summed E-state index contributed by atoms with van der Waals surface area (Å²) >= 11 is 0. The molecule has 0 spiro atoms. The van der Waals surface area contributed by atoms with Gasteiger partial charge in [0.1, 0.15) is 0 Å². The van der Waals surface area contributed by atoms with E-state index < -0.39 is 0 Å². The summed E-state index contributed by atoms with van der Waals surface area (Å²) < 4.78 is 4.59. The zero-order valence-corrected chi connectivity index (χ0v) is 9.49. The van der Waals surface area contributed by atoms with Gasteiger partial charge in [-0.1, -0.05) is 17.7 Å². The van der Waals surface area contributed by atoms with Crippen molar-refractivity contribution in [3.8, 4) is 0 Å². The average Bonchev–Trinajstić information content (AvgIpc) is 2.26. The van der Waals surface area contributed by atoms with E-state index in [0.29, 0.717) is 13.0 Å². The number of carbonyl (C=O) groups excluding carboxylic acids is 1. The Hall–Kier alpha value is -1.51. The molecule has 0 aliphatic heterocycles. The van der Waals surface area contributed by atoms with Crippen molar-refractivity contribution in [2.75, 3.05) is 25.6 Å². The monoisotopic (exact) mass is 207 g/mol. The summed E-state index contributed by atoms with van der Waals surface area (Å²) in [6.07, 6.45) is 0.418. The summed E-state index contributed by atoms with van der Waals surface area (Å²) in [6.45, 7) is 2.73. The fraction of sp³-hybridized carbons (Fsp3) is 0.417. The minimum Gasteiger partial charge on any atom is -0.469 e. The van der Waals surface area contributed by atoms with Gasteiger partial charge in [0.15, 0.2) is 0 Å². The lowest BCUT2D eigenvalue weighted by Crippen LogP contribution is -2.21. The lowest BCUT2D eigenvalue weighted by atomic mass is 10.2. The van der Waals surface area contributed by atoms with Crippen LogP contribution in [-0.2, 0) is 9.53 Å². The Kier molecular flexibility index (Phi) is 4.16. The molecule has 3 heteroatoms. The number of hydrogen-bond acceptors (Lipinski definition) is 3. The number of esters is 1. The van der Waals surface area contributed by atoms with Crippen molar-refractivity contribution in [3.63, 3.8) is 0 Å². The second-order valence-electron chi connectivity index (χ2n) is 3.58. The van der Waals surface area contributed by atoms with Gasteiger partial charge >= 0.3 is 5.97 Å². The lowest BCUT2D eigenvalue weighted by molar-refractivity contribution is -0.140. The van der Waals surface area contributed by atoms with Crippen LogP contribution in [0.5, 0.6) is 0 Å². The first kappa shape index (κ1) is 11.6. The molecule has 0 unspecified atom stereocenters. The summed E-state index contributed by atoms with van der Waals surface area (Å²) in [5.74, 6) is -0.172. The van der Waals surface area contributed by atoms with Crippen molar-refractivity contribution in [2.45, 2.75) is 13.3 Å². The minimum atomic E-state index is -0.172. The summed E-state index contributed by atoms with van der Waals surface area (Å²) in [7, 11) is 3.38. The van der Waals surface area contributed by atoms with E-state index in [9.17, 15) is 4.79 Å². The number of rotatable bonds is 4. The normalized spacial score (nSPS) is 9.80. The first-order valence-electron chi connectivity index (χ1n) is 4.98. The second-order valence-corrected chi connectivity index (χ2v) is 3.58. The Morgan fingerprint density at radius 3 is 2.47 bits per heavy atom. The highest BCUT2D eigenvalue weighted by Gasteiger charge is 2.04. The molecule has 0 aliphatic rings. The van der Waals surface area contributed by atoms with Crippen molar-refractivity contribution in [1.29, 1.82) is 0 Å². The van der Waals surface area contributed by atoms with E-state index in [4.69, 9.17) is 0 Å². The molecular formula is C12H17NO2. The molecule has 0 radical (unpaired) electrons. The van der Waals surface area contributed by atoms with Gasteiger partial charge in [0.2, 0.25) is 0 Å². The second kappa shape index (κ2) is 5.39. The molecule has 0 bridgehead atoms. The maximum atomic E-state index is 11.0. The average molecular weight is 207 g/mol. The van der Waals surface area contributed by atoms with E-state index in [1.165, 1.54) is 12.7 Å². The maximum absolute atomic E-state index is 11.0. The van der Waals surface area contributed by atoms with E-state index in [1.54, 1.807) is 0 Å². The van der Waals surface area contributed by atoms with Gasteiger partial charge in [0, 0.05) is 19.3 Å². The van der Waals surface area contributed by atoms with Crippen LogP contribution in [0.2, 0.25) is 0 Å². The molecule has 1 aromatic rings. The highest BCUT2D eigenvalue weighted by Crippen LogP contribution is 2.13. The van der Waals surface area contributed by atoms with Crippen LogP contribution in [0.1, 0.15) is 12.0 Å². The molecule has 0 aliphatic carbocycles. The van der Waals surface area contributed by atoms with E-state index >= 15 is 0 Å². The van der Waals surface area contributed by atoms with Gasteiger partial charge in [-0.05, 0) is 19.1 Å². The molecule has 0 N–H and O–H groups in total. The van der Waals surface area contributed by atoms with Crippen molar-refractivity contribution in [1.82, 2.24) is 0 Å². The minimum absolute atomic E-state index is 0.172. The molecule has 3 nitrogen and oxygen atoms in total. The first-order valence-corrected chi connectivity index (χ1v) is 4.98. The number of aryl methyl sites for hydroxylation is 1. The molecule has 15 heavy (non-hydrogen) atoms. The van der Waals surface area contributed by atoms with Crippen LogP contribution in [0, 0.1) is 6.92 Å². The summed E-state index contributed by atoms with van der Waals surface area (Å²) in [6, 6.07) is 8.22. The standard InChI is InChI=1S/C12H17NO2/c1-10-4-6-11(7-5-10)13(2)9-8-12(14)15-3/h4-7H,8-9H2,1-3H3. The highest BCUT2D eigenvalue weighted by molar-refractivity contribution is 5.70.